The average molecular weight is 434 g/mol. The maximum Gasteiger partial charge on any atom is 0.238 e. The van der Waals surface area contributed by atoms with E-state index in [-0.39, 0.29) is 35.6 Å². The molecule has 0 radical (unpaired) electrons. The number of hydrogen-bond acceptors (Lipinski definition) is 4. The van der Waals surface area contributed by atoms with Crippen molar-refractivity contribution in [1.29, 1.82) is 0 Å². The molecule has 0 spiro atoms. The summed E-state index contributed by atoms with van der Waals surface area (Å²) in [6.45, 7) is 1.40. The molecular formula is C21H21Cl2N3O3. The molecule has 0 bridgehead atoms. The molecule has 8 heteroatoms. The number of amides is 2. The van der Waals surface area contributed by atoms with Crippen LogP contribution in [-0.4, -0.2) is 42.1 Å². The molecule has 6 nitrogen and oxygen atoms in total. The summed E-state index contributed by atoms with van der Waals surface area (Å²) in [6.07, 6.45) is 1.28. The highest BCUT2D eigenvalue weighted by atomic mass is 35.5. The van der Waals surface area contributed by atoms with Crippen molar-refractivity contribution in [2.75, 3.05) is 25.0 Å². The van der Waals surface area contributed by atoms with Crippen molar-refractivity contribution in [3.8, 4) is 0 Å². The second-order valence-corrected chi connectivity index (χ2v) is 7.84. The topological polar surface area (TPSA) is 92.5 Å². The average Bonchev–Trinajstić information content (AvgIpc) is 2.69. The first-order valence-electron chi connectivity index (χ1n) is 9.25. The molecule has 2 aromatic rings. The van der Waals surface area contributed by atoms with Gasteiger partial charge < -0.3 is 11.1 Å². The van der Waals surface area contributed by atoms with E-state index in [1.54, 1.807) is 36.4 Å². The Kier molecular flexibility index (Phi) is 6.90. The van der Waals surface area contributed by atoms with Gasteiger partial charge in [-0.25, -0.2) is 0 Å². The van der Waals surface area contributed by atoms with E-state index < -0.39 is 0 Å². The van der Waals surface area contributed by atoms with Gasteiger partial charge in [-0.2, -0.15) is 0 Å². The van der Waals surface area contributed by atoms with Gasteiger partial charge in [0.05, 0.1) is 17.3 Å². The van der Waals surface area contributed by atoms with Crippen LogP contribution < -0.4 is 11.1 Å². The minimum atomic E-state index is -0.323. The lowest BCUT2D eigenvalue weighted by Gasteiger charge is -2.29. The third-order valence-corrected chi connectivity index (χ3v) is 5.54. The Morgan fingerprint density at radius 1 is 1.03 bits per heavy atom. The van der Waals surface area contributed by atoms with Gasteiger partial charge in [-0.3, -0.25) is 19.3 Å². The lowest BCUT2D eigenvalue weighted by molar-refractivity contribution is -0.123. The second kappa shape index (κ2) is 9.39. The van der Waals surface area contributed by atoms with Crippen molar-refractivity contribution >= 4 is 46.5 Å². The summed E-state index contributed by atoms with van der Waals surface area (Å²) in [5.74, 6) is -1.00. The molecular weight excluding hydrogens is 413 g/mol. The van der Waals surface area contributed by atoms with E-state index in [1.807, 2.05) is 4.90 Å². The van der Waals surface area contributed by atoms with Crippen LogP contribution in [0.1, 0.15) is 28.8 Å². The van der Waals surface area contributed by atoms with Gasteiger partial charge in [0.25, 0.3) is 0 Å². The molecule has 1 fully saturated rings. The summed E-state index contributed by atoms with van der Waals surface area (Å²) in [6, 6.07) is 11.4. The van der Waals surface area contributed by atoms with Crippen LogP contribution in [0.3, 0.4) is 0 Å². The Labute approximate surface area is 179 Å². The molecule has 1 heterocycles. The number of halogens is 2. The van der Waals surface area contributed by atoms with Crippen LogP contribution >= 0.6 is 23.2 Å². The maximum absolute atomic E-state index is 13.0. The standard InChI is InChI=1S/C21H21Cl2N3O3/c22-14-5-6-18(16(11-14)20(28)15-3-1-2-4-17(15)23)25-19(27)12-26-9-7-13(8-10-26)21(24)29/h1-6,11,13H,7-10,12H2,(H2,24,29)(H,25,27). The van der Waals surface area contributed by atoms with Crippen molar-refractivity contribution in [2.24, 2.45) is 11.7 Å². The molecule has 0 aromatic heterocycles. The zero-order chi connectivity index (χ0) is 21.0. The van der Waals surface area contributed by atoms with Crippen molar-refractivity contribution in [2.45, 2.75) is 12.8 Å². The van der Waals surface area contributed by atoms with Gasteiger partial charge in [0.15, 0.2) is 5.78 Å². The third-order valence-electron chi connectivity index (χ3n) is 4.98. The van der Waals surface area contributed by atoms with Crippen LogP contribution in [0.25, 0.3) is 0 Å². The number of carbonyl (C=O) groups is 3. The van der Waals surface area contributed by atoms with Crippen molar-refractivity contribution < 1.29 is 14.4 Å². The predicted octanol–water partition coefficient (Wildman–Crippen LogP) is 3.36. The van der Waals surface area contributed by atoms with Gasteiger partial charge in [-0.1, -0.05) is 35.3 Å². The molecule has 1 aliphatic heterocycles. The molecule has 3 rings (SSSR count). The molecule has 0 unspecified atom stereocenters. The Hall–Kier alpha value is -2.41. The summed E-state index contributed by atoms with van der Waals surface area (Å²) in [7, 11) is 0. The number of ketones is 1. The van der Waals surface area contributed by atoms with Gasteiger partial charge in [0.2, 0.25) is 11.8 Å². The van der Waals surface area contributed by atoms with Crippen molar-refractivity contribution in [1.82, 2.24) is 4.90 Å². The number of rotatable bonds is 6. The normalized spacial score (nSPS) is 15.1. The number of likely N-dealkylation sites (tertiary alicyclic amines) is 1. The molecule has 0 aliphatic carbocycles. The predicted molar refractivity (Wildman–Crippen MR) is 113 cm³/mol. The Bertz CT molecular complexity index is 941. The van der Waals surface area contributed by atoms with Gasteiger partial charge in [-0.15, -0.1) is 0 Å². The summed E-state index contributed by atoms with van der Waals surface area (Å²) in [4.78, 5) is 38.7. The monoisotopic (exact) mass is 433 g/mol. The lowest BCUT2D eigenvalue weighted by Crippen LogP contribution is -2.42. The molecule has 2 amide bonds. The Balaban J connectivity index is 1.71. The molecule has 29 heavy (non-hydrogen) atoms. The van der Waals surface area contributed by atoms with E-state index in [0.717, 1.165) is 0 Å². The molecule has 152 valence electrons. The highest BCUT2D eigenvalue weighted by Crippen LogP contribution is 2.26. The summed E-state index contributed by atoms with van der Waals surface area (Å²) < 4.78 is 0. The Morgan fingerprint density at radius 2 is 1.72 bits per heavy atom. The molecule has 2 aromatic carbocycles. The van der Waals surface area contributed by atoms with Crippen LogP contribution in [-0.2, 0) is 9.59 Å². The number of nitrogens with zero attached hydrogens (tertiary/aromatic N) is 1. The van der Waals surface area contributed by atoms with E-state index in [9.17, 15) is 14.4 Å². The van der Waals surface area contributed by atoms with Crippen LogP contribution in [0, 0.1) is 5.92 Å². The van der Waals surface area contributed by atoms with E-state index >= 15 is 0 Å². The highest BCUT2D eigenvalue weighted by Gasteiger charge is 2.25. The number of nitrogens with one attached hydrogen (secondary N) is 1. The lowest BCUT2D eigenvalue weighted by atomic mass is 9.96. The van der Waals surface area contributed by atoms with Gasteiger partial charge in [-0.05, 0) is 56.3 Å². The smallest absolute Gasteiger partial charge is 0.238 e. The van der Waals surface area contributed by atoms with Crippen LogP contribution in [0.4, 0.5) is 5.69 Å². The highest BCUT2D eigenvalue weighted by molar-refractivity contribution is 6.36. The number of anilines is 1. The third kappa shape index (κ3) is 5.35. The van der Waals surface area contributed by atoms with Crippen molar-refractivity contribution in [3.05, 3.63) is 63.6 Å². The minimum Gasteiger partial charge on any atom is -0.369 e. The number of primary amides is 1. The minimum absolute atomic E-state index is 0.134. The van der Waals surface area contributed by atoms with Crippen LogP contribution in [0.2, 0.25) is 10.0 Å². The molecule has 3 N–H and O–H groups in total. The zero-order valence-electron chi connectivity index (χ0n) is 15.7. The number of piperidine rings is 1. The van der Waals surface area contributed by atoms with E-state index in [0.29, 0.717) is 47.2 Å². The summed E-state index contributed by atoms with van der Waals surface area (Å²) in [5.41, 5.74) is 6.32. The zero-order valence-corrected chi connectivity index (χ0v) is 17.2. The fraction of sp³-hybridized carbons (Fsp3) is 0.286. The number of carbonyl (C=O) groups excluding carboxylic acids is 3. The van der Waals surface area contributed by atoms with Gasteiger partial charge in [0.1, 0.15) is 0 Å². The first kappa shape index (κ1) is 21.3. The molecule has 0 atom stereocenters. The fourth-order valence-corrected chi connectivity index (χ4v) is 3.77. The largest absolute Gasteiger partial charge is 0.369 e. The number of nitrogens with two attached hydrogens (primary N) is 1. The molecule has 1 saturated heterocycles. The van der Waals surface area contributed by atoms with Gasteiger partial charge in [0, 0.05) is 22.1 Å². The van der Waals surface area contributed by atoms with Crippen LogP contribution in [0.15, 0.2) is 42.5 Å². The van der Waals surface area contributed by atoms with Gasteiger partial charge >= 0.3 is 0 Å². The SMILES string of the molecule is NC(=O)C1CCN(CC(=O)Nc2ccc(Cl)cc2C(=O)c2ccccc2Cl)CC1. The quantitative estimate of drug-likeness (QED) is 0.682. The summed E-state index contributed by atoms with van der Waals surface area (Å²) in [5, 5.41) is 3.50. The number of hydrogen-bond donors (Lipinski definition) is 2. The van der Waals surface area contributed by atoms with E-state index in [2.05, 4.69) is 5.32 Å². The fourth-order valence-electron chi connectivity index (χ4n) is 3.37. The molecule has 1 aliphatic rings. The number of benzene rings is 2. The van der Waals surface area contributed by atoms with Crippen molar-refractivity contribution in [3.63, 3.8) is 0 Å². The first-order chi connectivity index (χ1) is 13.8. The first-order valence-corrected chi connectivity index (χ1v) is 10.0. The molecule has 0 saturated carbocycles. The second-order valence-electron chi connectivity index (χ2n) is 7.00. The maximum atomic E-state index is 13.0. The van der Waals surface area contributed by atoms with E-state index in [1.165, 1.54) is 6.07 Å². The van der Waals surface area contributed by atoms with Crippen LogP contribution in [0.5, 0.6) is 0 Å². The van der Waals surface area contributed by atoms with E-state index in [4.69, 9.17) is 28.9 Å². The summed E-state index contributed by atoms with van der Waals surface area (Å²) >= 11 is 12.2. The Morgan fingerprint density at radius 3 is 2.38 bits per heavy atom.